The van der Waals surface area contributed by atoms with Crippen molar-refractivity contribution in [1.29, 1.82) is 0 Å². The lowest BCUT2D eigenvalue weighted by Gasteiger charge is -2.13. The predicted octanol–water partition coefficient (Wildman–Crippen LogP) is 3.77. The van der Waals surface area contributed by atoms with E-state index < -0.39 is 6.10 Å². The molecule has 2 aromatic heterocycles. The lowest BCUT2D eigenvalue weighted by molar-refractivity contribution is 0.172. The Labute approximate surface area is 127 Å². The molecular weight excluding hydrogens is 320 g/mol. The van der Waals surface area contributed by atoms with Gasteiger partial charge in [0.15, 0.2) is 0 Å². The minimum atomic E-state index is -0.579. The highest BCUT2D eigenvalue weighted by molar-refractivity contribution is 9.10. The van der Waals surface area contributed by atoms with E-state index in [-0.39, 0.29) is 0 Å². The lowest BCUT2D eigenvalue weighted by atomic mass is 10.0. The molecule has 0 amide bonds. The quantitative estimate of drug-likeness (QED) is 0.921. The Balaban J connectivity index is 2.35. The fourth-order valence-electron chi connectivity index (χ4n) is 2.65. The number of aliphatic hydroxyl groups is 1. The van der Waals surface area contributed by atoms with Gasteiger partial charge in [0.1, 0.15) is 11.5 Å². The van der Waals surface area contributed by atoms with Crippen LogP contribution in [-0.2, 0) is 13.0 Å². The summed E-state index contributed by atoms with van der Waals surface area (Å²) < 4.78 is 8.51. The molecule has 0 aliphatic carbocycles. The van der Waals surface area contributed by atoms with Gasteiger partial charge in [-0.05, 0) is 56.1 Å². The van der Waals surface area contributed by atoms with Gasteiger partial charge in [-0.15, -0.1) is 0 Å². The molecule has 1 unspecified atom stereocenters. The molecule has 0 aliphatic heterocycles. The van der Waals surface area contributed by atoms with E-state index in [1.807, 2.05) is 39.3 Å². The second-order valence-corrected chi connectivity index (χ2v) is 5.93. The second-order valence-electron chi connectivity index (χ2n) is 5.13. The number of halogens is 1. The summed E-state index contributed by atoms with van der Waals surface area (Å²) >= 11 is 3.57. The molecule has 4 nitrogen and oxygen atoms in total. The predicted molar refractivity (Wildman–Crippen MR) is 81.9 cm³/mol. The van der Waals surface area contributed by atoms with E-state index in [0.29, 0.717) is 6.42 Å². The van der Waals surface area contributed by atoms with Crippen molar-refractivity contribution in [2.75, 3.05) is 0 Å². The van der Waals surface area contributed by atoms with Crippen LogP contribution in [0.1, 0.15) is 47.1 Å². The molecule has 0 aromatic carbocycles. The molecule has 1 N–H and O–H groups in total. The summed E-state index contributed by atoms with van der Waals surface area (Å²) in [5, 5.41) is 15.0. The number of aromatic nitrogens is 2. The summed E-state index contributed by atoms with van der Waals surface area (Å²) in [6, 6.07) is 0. The number of hydrogen-bond acceptors (Lipinski definition) is 3. The number of rotatable bonds is 4. The van der Waals surface area contributed by atoms with Crippen molar-refractivity contribution in [3.8, 4) is 0 Å². The van der Waals surface area contributed by atoms with Crippen LogP contribution in [0.3, 0.4) is 0 Å². The highest BCUT2D eigenvalue weighted by atomic mass is 79.9. The van der Waals surface area contributed by atoms with Crippen molar-refractivity contribution in [3.63, 3.8) is 0 Å². The zero-order chi connectivity index (χ0) is 15.0. The van der Waals surface area contributed by atoms with Crippen LogP contribution in [0.2, 0.25) is 0 Å². The van der Waals surface area contributed by atoms with Crippen LogP contribution < -0.4 is 0 Å². The van der Waals surface area contributed by atoms with E-state index in [1.54, 1.807) is 0 Å². The summed E-state index contributed by atoms with van der Waals surface area (Å²) in [5.41, 5.74) is 3.90. The minimum absolute atomic E-state index is 0.524. The highest BCUT2D eigenvalue weighted by Crippen LogP contribution is 2.31. The fraction of sp³-hybridized carbons (Fsp3) is 0.533. The van der Waals surface area contributed by atoms with E-state index >= 15 is 0 Å². The van der Waals surface area contributed by atoms with E-state index in [2.05, 4.69) is 21.0 Å². The van der Waals surface area contributed by atoms with Gasteiger partial charge in [0.2, 0.25) is 0 Å². The van der Waals surface area contributed by atoms with E-state index in [9.17, 15) is 5.11 Å². The van der Waals surface area contributed by atoms with Crippen molar-refractivity contribution >= 4 is 15.9 Å². The Bertz CT molecular complexity index is 628. The molecule has 0 saturated heterocycles. The molecule has 5 heteroatoms. The van der Waals surface area contributed by atoms with Crippen LogP contribution in [0.15, 0.2) is 8.89 Å². The van der Waals surface area contributed by atoms with Gasteiger partial charge in [-0.2, -0.15) is 5.10 Å². The van der Waals surface area contributed by atoms with Crippen LogP contribution >= 0.6 is 15.9 Å². The van der Waals surface area contributed by atoms with E-state index in [1.165, 1.54) is 0 Å². The summed E-state index contributed by atoms with van der Waals surface area (Å²) in [6.07, 6.45) is -0.0548. The summed E-state index contributed by atoms with van der Waals surface area (Å²) in [6.45, 7) is 10.6. The first-order chi connectivity index (χ1) is 9.36. The molecule has 110 valence electrons. The number of hydrogen-bond donors (Lipinski definition) is 1. The zero-order valence-electron chi connectivity index (χ0n) is 12.6. The van der Waals surface area contributed by atoms with Crippen molar-refractivity contribution in [3.05, 3.63) is 38.5 Å². The second kappa shape index (κ2) is 5.74. The molecule has 2 rings (SSSR count). The third kappa shape index (κ3) is 2.56. The molecule has 2 heterocycles. The first-order valence-electron chi connectivity index (χ1n) is 6.83. The van der Waals surface area contributed by atoms with Crippen LogP contribution in [0.25, 0.3) is 0 Å². The molecule has 0 saturated carbocycles. The van der Waals surface area contributed by atoms with Crippen molar-refractivity contribution < 1.29 is 9.52 Å². The number of nitrogens with zero attached hydrogens (tertiary/aromatic N) is 2. The van der Waals surface area contributed by atoms with Crippen molar-refractivity contribution in [2.45, 2.75) is 53.7 Å². The Kier molecular flexibility index (Phi) is 4.39. The SMILES string of the molecule is CCn1nc(C)c(Br)c1CC(O)c1c(C)oc(C)c1C. The number of aliphatic hydroxyl groups excluding tert-OH is 1. The molecule has 0 bridgehead atoms. The molecule has 2 aromatic rings. The first kappa shape index (κ1) is 15.3. The van der Waals surface area contributed by atoms with E-state index in [0.717, 1.165) is 45.1 Å². The van der Waals surface area contributed by atoms with Gasteiger partial charge in [-0.3, -0.25) is 4.68 Å². The Morgan fingerprint density at radius 3 is 2.40 bits per heavy atom. The minimum Gasteiger partial charge on any atom is -0.466 e. The van der Waals surface area contributed by atoms with Gasteiger partial charge in [0, 0.05) is 18.5 Å². The fourth-order valence-corrected chi connectivity index (χ4v) is 3.09. The Morgan fingerprint density at radius 1 is 1.25 bits per heavy atom. The summed E-state index contributed by atoms with van der Waals surface area (Å²) in [5.74, 6) is 1.67. The normalized spacial score (nSPS) is 12.9. The first-order valence-corrected chi connectivity index (χ1v) is 7.62. The molecule has 20 heavy (non-hydrogen) atoms. The maximum absolute atomic E-state index is 10.6. The standard InChI is InChI=1S/C15H21BrN2O2/c1-6-18-12(15(16)9(3)17-18)7-13(19)14-8(2)10(4)20-11(14)5/h13,19H,6-7H2,1-5H3. The van der Waals surface area contributed by atoms with Gasteiger partial charge in [-0.25, -0.2) is 0 Å². The maximum Gasteiger partial charge on any atom is 0.107 e. The van der Waals surface area contributed by atoms with Gasteiger partial charge in [0.25, 0.3) is 0 Å². The summed E-state index contributed by atoms with van der Waals surface area (Å²) in [7, 11) is 0. The number of aryl methyl sites for hydroxylation is 4. The van der Waals surface area contributed by atoms with Gasteiger partial charge >= 0.3 is 0 Å². The van der Waals surface area contributed by atoms with Crippen LogP contribution in [0.5, 0.6) is 0 Å². The van der Waals surface area contributed by atoms with Crippen molar-refractivity contribution in [2.24, 2.45) is 0 Å². The van der Waals surface area contributed by atoms with Crippen LogP contribution in [0, 0.1) is 27.7 Å². The molecule has 1 atom stereocenters. The average Bonchev–Trinajstić information content (AvgIpc) is 2.80. The molecule has 0 fully saturated rings. The van der Waals surface area contributed by atoms with E-state index in [4.69, 9.17) is 4.42 Å². The Hall–Kier alpha value is -1.07. The van der Waals surface area contributed by atoms with Crippen LogP contribution in [-0.4, -0.2) is 14.9 Å². The van der Waals surface area contributed by atoms with Gasteiger partial charge < -0.3 is 9.52 Å². The van der Waals surface area contributed by atoms with Gasteiger partial charge in [0.05, 0.1) is 22.0 Å². The van der Waals surface area contributed by atoms with Crippen molar-refractivity contribution in [1.82, 2.24) is 9.78 Å². The molecule has 0 spiro atoms. The maximum atomic E-state index is 10.6. The summed E-state index contributed by atoms with van der Waals surface area (Å²) in [4.78, 5) is 0. The molecule has 0 radical (unpaired) electrons. The average molecular weight is 341 g/mol. The lowest BCUT2D eigenvalue weighted by Crippen LogP contribution is -2.10. The third-order valence-electron chi connectivity index (χ3n) is 3.79. The monoisotopic (exact) mass is 340 g/mol. The zero-order valence-corrected chi connectivity index (χ0v) is 14.2. The Morgan fingerprint density at radius 2 is 1.90 bits per heavy atom. The smallest absolute Gasteiger partial charge is 0.107 e. The molecule has 0 aliphatic rings. The topological polar surface area (TPSA) is 51.2 Å². The van der Waals surface area contributed by atoms with Gasteiger partial charge in [-0.1, -0.05) is 0 Å². The van der Waals surface area contributed by atoms with Crippen LogP contribution in [0.4, 0.5) is 0 Å². The number of furan rings is 1. The molecular formula is C15H21BrN2O2. The third-order valence-corrected chi connectivity index (χ3v) is 4.82. The largest absolute Gasteiger partial charge is 0.466 e. The highest BCUT2D eigenvalue weighted by Gasteiger charge is 2.22.